The summed E-state index contributed by atoms with van der Waals surface area (Å²) in [6, 6.07) is 0. The van der Waals surface area contributed by atoms with Crippen molar-refractivity contribution in [1.29, 1.82) is 0 Å². The van der Waals surface area contributed by atoms with E-state index in [2.05, 4.69) is 0 Å². The topological polar surface area (TPSA) is 60.4 Å². The summed E-state index contributed by atoms with van der Waals surface area (Å²) in [5.41, 5.74) is 0. The second-order valence-corrected chi connectivity index (χ2v) is 3.18. The van der Waals surface area contributed by atoms with Gasteiger partial charge in [0.15, 0.2) is 0 Å². The van der Waals surface area contributed by atoms with Gasteiger partial charge in [-0.05, 0) is 31.6 Å². The van der Waals surface area contributed by atoms with E-state index in [1.807, 2.05) is 0 Å². The molecule has 1 aliphatic rings. The minimum absolute atomic E-state index is 0. The third-order valence-corrected chi connectivity index (χ3v) is 2.27. The van der Waals surface area contributed by atoms with Gasteiger partial charge in [0.25, 0.3) is 0 Å². The van der Waals surface area contributed by atoms with Crippen molar-refractivity contribution in [3.63, 3.8) is 0 Å². The van der Waals surface area contributed by atoms with Crippen molar-refractivity contribution in [1.82, 2.24) is 0 Å². The Morgan fingerprint density at radius 3 is 2.50 bits per heavy atom. The van der Waals surface area contributed by atoms with Crippen molar-refractivity contribution >= 4 is 5.97 Å². The summed E-state index contributed by atoms with van der Waals surface area (Å²) in [5, 5.41) is 19.6. The summed E-state index contributed by atoms with van der Waals surface area (Å²) in [7, 11) is 0. The molecule has 0 spiro atoms. The van der Waals surface area contributed by atoms with Gasteiger partial charge in [0.2, 0.25) is 0 Å². The summed E-state index contributed by atoms with van der Waals surface area (Å²) >= 11 is 0. The zero-order valence-electron chi connectivity index (χ0n) is 7.45. The molecule has 0 aliphatic heterocycles. The van der Waals surface area contributed by atoms with Crippen LogP contribution in [0.2, 0.25) is 0 Å². The van der Waals surface area contributed by atoms with Gasteiger partial charge in [0.1, 0.15) is 0 Å². The molecule has 1 N–H and O–H groups in total. The molecular weight excluding hydrogens is 167 g/mol. The number of aliphatic hydroxyl groups excluding tert-OH is 1. The van der Waals surface area contributed by atoms with E-state index < -0.39 is 5.97 Å². The number of carboxylic acid groups (broad SMARTS) is 1. The van der Waals surface area contributed by atoms with Gasteiger partial charge in [0.05, 0.1) is 6.10 Å². The molecular formula is C8H13NaO3. The maximum absolute atomic E-state index is 10.4. The van der Waals surface area contributed by atoms with Crippen molar-refractivity contribution in [2.75, 3.05) is 0 Å². The molecule has 0 radical (unpaired) electrons. The van der Waals surface area contributed by atoms with Gasteiger partial charge in [-0.3, -0.25) is 0 Å². The monoisotopic (exact) mass is 180 g/mol. The molecule has 0 aromatic rings. The number of rotatable bonds is 1. The molecule has 2 unspecified atom stereocenters. The van der Waals surface area contributed by atoms with E-state index >= 15 is 0 Å². The minimum Gasteiger partial charge on any atom is -0.550 e. The summed E-state index contributed by atoms with van der Waals surface area (Å²) in [4.78, 5) is 10.4. The quantitative estimate of drug-likeness (QED) is 0.339. The van der Waals surface area contributed by atoms with Crippen molar-refractivity contribution in [3.05, 3.63) is 0 Å². The molecule has 4 heteroatoms. The van der Waals surface area contributed by atoms with Crippen LogP contribution in [0.25, 0.3) is 0 Å². The molecule has 0 amide bonds. The van der Waals surface area contributed by atoms with Gasteiger partial charge in [-0.1, -0.05) is 6.42 Å². The smallest absolute Gasteiger partial charge is 0.550 e. The van der Waals surface area contributed by atoms with E-state index in [-0.39, 0.29) is 41.6 Å². The maximum atomic E-state index is 10.4. The number of carboxylic acids is 1. The van der Waals surface area contributed by atoms with Crippen LogP contribution < -0.4 is 34.7 Å². The van der Waals surface area contributed by atoms with Crippen LogP contribution in [0, 0.1) is 5.92 Å². The molecule has 64 valence electrons. The number of hydrogen-bond donors (Lipinski definition) is 1. The van der Waals surface area contributed by atoms with Crippen LogP contribution in [0.4, 0.5) is 0 Å². The van der Waals surface area contributed by atoms with Crippen molar-refractivity contribution in [2.45, 2.75) is 38.2 Å². The Balaban J connectivity index is 0.00000121. The second kappa shape index (κ2) is 5.97. The number of carbonyl (C=O) groups is 1. The number of aliphatic hydroxyl groups is 1. The normalized spacial score (nSPS) is 30.1. The SMILES string of the molecule is O=C([O-])C1CCCC(O)CC1.[Na+]. The number of aliphatic carboxylic acids is 1. The second-order valence-electron chi connectivity index (χ2n) is 3.18. The standard InChI is InChI=1S/C8H14O3.Na/c9-7-3-1-2-6(4-5-7)8(10)11;/h6-7,9H,1-5H2,(H,10,11);/q;+1/p-1. The third-order valence-electron chi connectivity index (χ3n) is 2.27. The Bertz CT molecular complexity index is 149. The summed E-state index contributed by atoms with van der Waals surface area (Å²) in [6.45, 7) is 0. The summed E-state index contributed by atoms with van der Waals surface area (Å²) in [5.74, 6) is -1.29. The minimum atomic E-state index is -0.959. The van der Waals surface area contributed by atoms with Crippen molar-refractivity contribution in [2.24, 2.45) is 5.92 Å². The largest absolute Gasteiger partial charge is 1.00 e. The first kappa shape index (κ1) is 12.4. The van der Waals surface area contributed by atoms with Gasteiger partial charge in [-0.2, -0.15) is 0 Å². The van der Waals surface area contributed by atoms with Gasteiger partial charge in [0, 0.05) is 5.97 Å². The van der Waals surface area contributed by atoms with Crippen LogP contribution in [0.3, 0.4) is 0 Å². The molecule has 12 heavy (non-hydrogen) atoms. The fourth-order valence-electron chi connectivity index (χ4n) is 1.52. The average Bonchev–Trinajstić information content (AvgIpc) is 2.13. The zero-order chi connectivity index (χ0) is 8.27. The van der Waals surface area contributed by atoms with Crippen LogP contribution >= 0.6 is 0 Å². The van der Waals surface area contributed by atoms with Crippen molar-refractivity contribution in [3.8, 4) is 0 Å². The Kier molecular flexibility index (Phi) is 6.19. The third kappa shape index (κ3) is 3.90. The van der Waals surface area contributed by atoms with Gasteiger partial charge >= 0.3 is 29.6 Å². The van der Waals surface area contributed by atoms with Crippen LogP contribution in [-0.4, -0.2) is 17.2 Å². The fraction of sp³-hybridized carbons (Fsp3) is 0.875. The van der Waals surface area contributed by atoms with Crippen LogP contribution in [0.1, 0.15) is 32.1 Å². The molecule has 0 aromatic carbocycles. The molecule has 1 rings (SSSR count). The molecule has 1 aliphatic carbocycles. The van der Waals surface area contributed by atoms with Gasteiger partial charge in [-0.25, -0.2) is 0 Å². The van der Waals surface area contributed by atoms with E-state index in [1.165, 1.54) is 0 Å². The summed E-state index contributed by atoms with van der Waals surface area (Å²) in [6.07, 6.45) is 3.10. The first-order valence-electron chi connectivity index (χ1n) is 4.09. The molecule has 1 saturated carbocycles. The van der Waals surface area contributed by atoms with E-state index in [4.69, 9.17) is 0 Å². The number of carbonyl (C=O) groups excluding carboxylic acids is 1. The predicted molar refractivity (Wildman–Crippen MR) is 37.6 cm³/mol. The average molecular weight is 180 g/mol. The molecule has 1 fully saturated rings. The number of hydrogen-bond acceptors (Lipinski definition) is 3. The Morgan fingerprint density at radius 1 is 1.25 bits per heavy atom. The van der Waals surface area contributed by atoms with Gasteiger partial charge < -0.3 is 15.0 Å². The Morgan fingerprint density at radius 2 is 1.92 bits per heavy atom. The van der Waals surface area contributed by atoms with E-state index in [9.17, 15) is 15.0 Å². The van der Waals surface area contributed by atoms with Crippen LogP contribution in [0.5, 0.6) is 0 Å². The Labute approximate surface area is 94.5 Å². The summed E-state index contributed by atoms with van der Waals surface area (Å²) < 4.78 is 0. The fourth-order valence-corrected chi connectivity index (χ4v) is 1.52. The first-order valence-corrected chi connectivity index (χ1v) is 4.09. The molecule has 0 heterocycles. The van der Waals surface area contributed by atoms with Crippen molar-refractivity contribution < 1.29 is 44.6 Å². The zero-order valence-corrected chi connectivity index (χ0v) is 9.45. The molecule has 0 saturated heterocycles. The van der Waals surface area contributed by atoms with Crippen LogP contribution in [-0.2, 0) is 4.79 Å². The molecule has 0 aromatic heterocycles. The van der Waals surface area contributed by atoms with Gasteiger partial charge in [-0.15, -0.1) is 0 Å². The predicted octanol–water partition coefficient (Wildman–Crippen LogP) is -3.32. The Hall–Kier alpha value is 0.430. The maximum Gasteiger partial charge on any atom is 1.00 e. The van der Waals surface area contributed by atoms with Crippen LogP contribution in [0.15, 0.2) is 0 Å². The molecule has 3 nitrogen and oxygen atoms in total. The first-order chi connectivity index (χ1) is 5.20. The van der Waals surface area contributed by atoms with E-state index in [0.29, 0.717) is 19.3 Å². The molecule has 0 bridgehead atoms. The molecule has 2 atom stereocenters. The van der Waals surface area contributed by atoms with E-state index in [1.54, 1.807) is 0 Å². The van der Waals surface area contributed by atoms with E-state index in [0.717, 1.165) is 12.8 Å².